The van der Waals surface area contributed by atoms with Gasteiger partial charge in [0.1, 0.15) is 12.6 Å². The highest BCUT2D eigenvalue weighted by atomic mass is 35.5. The van der Waals surface area contributed by atoms with Gasteiger partial charge in [0.25, 0.3) is 10.0 Å². The van der Waals surface area contributed by atoms with Gasteiger partial charge in [-0.05, 0) is 79.3 Å². The molecule has 7 nitrogen and oxygen atoms in total. The van der Waals surface area contributed by atoms with E-state index in [4.69, 9.17) is 11.6 Å². The number of anilines is 1. The lowest BCUT2D eigenvalue weighted by Gasteiger charge is -2.34. The van der Waals surface area contributed by atoms with Gasteiger partial charge in [0, 0.05) is 24.0 Å². The van der Waals surface area contributed by atoms with E-state index in [1.807, 2.05) is 62.4 Å². The van der Waals surface area contributed by atoms with Crippen molar-refractivity contribution < 1.29 is 18.0 Å². The fraction of sp³-hybridized carbons (Fsp3) is 0.297. The Morgan fingerprint density at radius 3 is 2.13 bits per heavy atom. The van der Waals surface area contributed by atoms with Crippen LogP contribution in [0.15, 0.2) is 108 Å². The summed E-state index contributed by atoms with van der Waals surface area (Å²) in [7, 11) is -4.16. The molecule has 240 valence electrons. The van der Waals surface area contributed by atoms with Crippen molar-refractivity contribution in [3.8, 4) is 0 Å². The van der Waals surface area contributed by atoms with Crippen LogP contribution in [0, 0.1) is 13.8 Å². The van der Waals surface area contributed by atoms with Crippen molar-refractivity contribution in [1.82, 2.24) is 10.2 Å². The maximum Gasteiger partial charge on any atom is 0.264 e. The maximum atomic E-state index is 14.6. The summed E-state index contributed by atoms with van der Waals surface area (Å²) in [6.45, 7) is 3.37. The topological polar surface area (TPSA) is 86.8 Å². The first-order chi connectivity index (χ1) is 22.1. The van der Waals surface area contributed by atoms with Crippen molar-refractivity contribution in [1.29, 1.82) is 0 Å². The van der Waals surface area contributed by atoms with E-state index in [9.17, 15) is 18.0 Å². The molecule has 4 aromatic carbocycles. The van der Waals surface area contributed by atoms with Crippen LogP contribution >= 0.6 is 11.6 Å². The van der Waals surface area contributed by atoms with Gasteiger partial charge in [-0.1, -0.05) is 97.2 Å². The van der Waals surface area contributed by atoms with Crippen LogP contribution in [0.1, 0.15) is 47.9 Å². The highest BCUT2D eigenvalue weighted by molar-refractivity contribution is 7.92. The number of hydrogen-bond acceptors (Lipinski definition) is 4. The summed E-state index contributed by atoms with van der Waals surface area (Å²) in [4.78, 5) is 30.3. The smallest absolute Gasteiger partial charge is 0.264 e. The fourth-order valence-corrected chi connectivity index (χ4v) is 7.48. The Morgan fingerprint density at radius 1 is 0.848 bits per heavy atom. The summed E-state index contributed by atoms with van der Waals surface area (Å²) in [6.07, 6.45) is 4.11. The SMILES string of the molecule is Cc1ccc(N(CC(=O)N(Cc2ccccc2Cl)[C@H](Cc2ccccc2)C(=O)NC2CCCC2)S(=O)(=O)c2ccccc2)cc1C. The first-order valence-electron chi connectivity index (χ1n) is 15.7. The molecular weight excluding hydrogens is 618 g/mol. The van der Waals surface area contributed by atoms with Crippen molar-refractivity contribution in [3.63, 3.8) is 0 Å². The largest absolute Gasteiger partial charge is 0.352 e. The van der Waals surface area contributed by atoms with Crippen LogP contribution < -0.4 is 9.62 Å². The van der Waals surface area contributed by atoms with Gasteiger partial charge in [-0.25, -0.2) is 8.42 Å². The zero-order valence-electron chi connectivity index (χ0n) is 26.2. The Morgan fingerprint density at radius 2 is 1.48 bits per heavy atom. The number of nitrogens with zero attached hydrogens (tertiary/aromatic N) is 2. The quantitative estimate of drug-likeness (QED) is 0.181. The van der Waals surface area contributed by atoms with Gasteiger partial charge >= 0.3 is 0 Å². The first-order valence-corrected chi connectivity index (χ1v) is 17.5. The van der Waals surface area contributed by atoms with Gasteiger partial charge in [0.05, 0.1) is 10.6 Å². The van der Waals surface area contributed by atoms with Crippen molar-refractivity contribution in [3.05, 3.63) is 130 Å². The van der Waals surface area contributed by atoms with Gasteiger partial charge in [-0.2, -0.15) is 0 Å². The molecule has 0 bridgehead atoms. The summed E-state index contributed by atoms with van der Waals surface area (Å²) < 4.78 is 29.5. The predicted molar refractivity (Wildman–Crippen MR) is 183 cm³/mol. The first kappa shape index (κ1) is 33.2. The van der Waals surface area contributed by atoms with E-state index in [0.29, 0.717) is 16.3 Å². The van der Waals surface area contributed by atoms with E-state index in [1.54, 1.807) is 42.5 Å². The molecule has 1 aliphatic rings. The number of carbonyl (C=O) groups is 2. The Bertz CT molecular complexity index is 1760. The molecule has 1 atom stereocenters. The summed E-state index contributed by atoms with van der Waals surface area (Å²) in [5.74, 6) is -0.778. The number of carbonyl (C=O) groups excluding carboxylic acids is 2. The molecule has 9 heteroatoms. The number of nitrogens with one attached hydrogen (secondary N) is 1. The summed E-state index contributed by atoms with van der Waals surface area (Å²) >= 11 is 6.60. The standard InChI is InChI=1S/C37H40ClN3O4S/c1-27-21-22-32(23-28(27)2)41(46(44,45)33-18-7-4-8-19-33)26-36(42)40(25-30-15-9-12-20-34(30)38)35(24-29-13-5-3-6-14-29)37(43)39-31-16-10-11-17-31/h3-9,12-15,18-23,31,35H,10-11,16-17,24-26H2,1-2H3,(H,39,43)/t35-/m1/s1. The Labute approximate surface area is 277 Å². The summed E-state index contributed by atoms with van der Waals surface area (Å²) in [5.41, 5.74) is 3.80. The van der Waals surface area contributed by atoms with E-state index in [2.05, 4.69) is 5.32 Å². The lowest BCUT2D eigenvalue weighted by molar-refractivity contribution is -0.140. The second-order valence-electron chi connectivity index (χ2n) is 11.9. The molecule has 4 aromatic rings. The van der Waals surface area contributed by atoms with E-state index < -0.39 is 28.5 Å². The number of rotatable bonds is 12. The molecule has 1 fully saturated rings. The van der Waals surface area contributed by atoms with Crippen molar-refractivity contribution >= 4 is 39.1 Å². The number of amides is 2. The third-order valence-corrected chi connectivity index (χ3v) is 10.8. The molecule has 1 N–H and O–H groups in total. The molecular formula is C37H40ClN3O4S. The number of aryl methyl sites for hydroxylation is 2. The normalized spacial score (nSPS) is 14.1. The Balaban J connectivity index is 1.58. The maximum absolute atomic E-state index is 14.6. The minimum absolute atomic E-state index is 0.0280. The van der Waals surface area contributed by atoms with Crippen LogP contribution in [0.3, 0.4) is 0 Å². The molecule has 0 spiro atoms. The predicted octanol–water partition coefficient (Wildman–Crippen LogP) is 6.85. The van der Waals surface area contributed by atoms with E-state index in [0.717, 1.165) is 46.7 Å². The molecule has 5 rings (SSSR count). The molecule has 0 saturated heterocycles. The molecule has 0 aliphatic heterocycles. The minimum atomic E-state index is -4.16. The van der Waals surface area contributed by atoms with E-state index in [1.165, 1.54) is 17.0 Å². The lowest BCUT2D eigenvalue weighted by Crippen LogP contribution is -2.54. The molecule has 1 saturated carbocycles. The molecule has 2 amide bonds. The lowest BCUT2D eigenvalue weighted by atomic mass is 10.0. The second kappa shape index (κ2) is 15.0. The van der Waals surface area contributed by atoms with Crippen LogP contribution in [0.4, 0.5) is 5.69 Å². The zero-order chi connectivity index (χ0) is 32.7. The van der Waals surface area contributed by atoms with Crippen LogP contribution in [0.25, 0.3) is 0 Å². The van der Waals surface area contributed by atoms with Gasteiger partial charge in [-0.15, -0.1) is 0 Å². The average molecular weight is 658 g/mol. The van der Waals surface area contributed by atoms with Crippen LogP contribution in [-0.4, -0.2) is 43.8 Å². The molecule has 0 unspecified atom stereocenters. The highest BCUT2D eigenvalue weighted by Gasteiger charge is 2.35. The Hall–Kier alpha value is -4.14. The number of halogens is 1. The van der Waals surface area contributed by atoms with Crippen molar-refractivity contribution in [2.75, 3.05) is 10.8 Å². The second-order valence-corrected chi connectivity index (χ2v) is 14.2. The summed E-state index contributed by atoms with van der Waals surface area (Å²) in [6, 6.07) is 29.3. The molecule has 46 heavy (non-hydrogen) atoms. The number of benzene rings is 4. The van der Waals surface area contributed by atoms with E-state index in [-0.39, 0.29) is 29.8 Å². The average Bonchev–Trinajstić information content (AvgIpc) is 3.57. The van der Waals surface area contributed by atoms with Gasteiger partial charge in [0.15, 0.2) is 0 Å². The van der Waals surface area contributed by atoms with Gasteiger partial charge in [-0.3, -0.25) is 13.9 Å². The minimum Gasteiger partial charge on any atom is -0.352 e. The van der Waals surface area contributed by atoms with Gasteiger partial charge < -0.3 is 10.2 Å². The molecule has 0 heterocycles. The van der Waals surface area contributed by atoms with Crippen LogP contribution in [0.2, 0.25) is 5.02 Å². The van der Waals surface area contributed by atoms with E-state index >= 15 is 0 Å². The highest BCUT2D eigenvalue weighted by Crippen LogP contribution is 2.28. The fourth-order valence-electron chi connectivity index (χ4n) is 5.86. The molecule has 0 aromatic heterocycles. The van der Waals surface area contributed by atoms with Crippen molar-refractivity contribution in [2.45, 2.75) is 69.5 Å². The third kappa shape index (κ3) is 7.98. The summed E-state index contributed by atoms with van der Waals surface area (Å²) in [5, 5.41) is 3.65. The van der Waals surface area contributed by atoms with Crippen molar-refractivity contribution in [2.24, 2.45) is 0 Å². The zero-order valence-corrected chi connectivity index (χ0v) is 27.8. The Kier molecular flexibility index (Phi) is 10.8. The third-order valence-electron chi connectivity index (χ3n) is 8.66. The van der Waals surface area contributed by atoms with Crippen LogP contribution in [0.5, 0.6) is 0 Å². The molecule has 0 radical (unpaired) electrons. The number of sulfonamides is 1. The molecule has 1 aliphatic carbocycles. The van der Waals surface area contributed by atoms with Gasteiger partial charge in [0.2, 0.25) is 11.8 Å². The van der Waals surface area contributed by atoms with Crippen LogP contribution in [-0.2, 0) is 32.6 Å². The number of hydrogen-bond donors (Lipinski definition) is 1. The monoisotopic (exact) mass is 657 g/mol.